The van der Waals surface area contributed by atoms with E-state index < -0.39 is 17.1 Å². The largest absolute Gasteiger partial charge is 0.325 e. The molecule has 9 heteroatoms. The van der Waals surface area contributed by atoms with Gasteiger partial charge in [0, 0.05) is 37.4 Å². The molecule has 5 aromatic rings. The van der Waals surface area contributed by atoms with Gasteiger partial charge in [0.2, 0.25) is 5.91 Å². The van der Waals surface area contributed by atoms with E-state index in [4.69, 9.17) is 23.2 Å². The summed E-state index contributed by atoms with van der Waals surface area (Å²) in [5, 5.41) is 8.76. The van der Waals surface area contributed by atoms with Crippen LogP contribution in [0.3, 0.4) is 0 Å². The van der Waals surface area contributed by atoms with Crippen LogP contribution in [-0.2, 0) is 9.59 Å². The van der Waals surface area contributed by atoms with Crippen LogP contribution in [0.25, 0.3) is 6.08 Å². The molecule has 1 unspecified atom stereocenters. The summed E-state index contributed by atoms with van der Waals surface area (Å²) in [6.45, 7) is 4.00. The van der Waals surface area contributed by atoms with Crippen LogP contribution in [0.1, 0.15) is 37.9 Å². The summed E-state index contributed by atoms with van der Waals surface area (Å²) < 4.78 is 0. The molecule has 6 nitrogen and oxygen atoms in total. The van der Waals surface area contributed by atoms with Crippen molar-refractivity contribution >= 4 is 70.1 Å². The second-order valence-electron chi connectivity index (χ2n) is 10.6. The molecule has 236 valence electrons. The van der Waals surface area contributed by atoms with Crippen molar-refractivity contribution in [2.24, 2.45) is 0 Å². The van der Waals surface area contributed by atoms with Gasteiger partial charge in [0.25, 0.3) is 11.8 Å². The summed E-state index contributed by atoms with van der Waals surface area (Å²) in [6, 6.07) is 36.1. The van der Waals surface area contributed by atoms with E-state index in [0.717, 1.165) is 27.3 Å². The summed E-state index contributed by atoms with van der Waals surface area (Å²) >= 11 is 14.1. The van der Waals surface area contributed by atoms with E-state index in [9.17, 15) is 14.4 Å². The number of hydrogen-bond acceptors (Lipinski definition) is 4. The van der Waals surface area contributed by atoms with Crippen LogP contribution in [0.5, 0.6) is 0 Å². The van der Waals surface area contributed by atoms with E-state index in [1.165, 1.54) is 17.8 Å². The Kier molecular flexibility index (Phi) is 11.2. The highest BCUT2D eigenvalue weighted by Crippen LogP contribution is 2.37. The number of benzene rings is 5. The van der Waals surface area contributed by atoms with E-state index in [0.29, 0.717) is 26.9 Å². The van der Waals surface area contributed by atoms with E-state index in [1.54, 1.807) is 60.7 Å². The normalized spacial score (nSPS) is 11.8. The van der Waals surface area contributed by atoms with E-state index in [-0.39, 0.29) is 11.6 Å². The van der Waals surface area contributed by atoms with Gasteiger partial charge in [-0.15, -0.1) is 11.8 Å². The number of amides is 3. The average molecular weight is 681 g/mol. The maximum Gasteiger partial charge on any atom is 0.272 e. The van der Waals surface area contributed by atoms with Crippen molar-refractivity contribution in [2.75, 3.05) is 10.6 Å². The predicted octanol–water partition coefficient (Wildman–Crippen LogP) is 9.49. The number of nitrogens with one attached hydrogen (secondary N) is 3. The molecule has 1 atom stereocenters. The minimum absolute atomic E-state index is 0.0421. The number of thioether (sulfide) groups is 1. The van der Waals surface area contributed by atoms with E-state index in [1.807, 2.05) is 74.5 Å². The Morgan fingerprint density at radius 3 is 1.98 bits per heavy atom. The van der Waals surface area contributed by atoms with Crippen LogP contribution < -0.4 is 16.0 Å². The van der Waals surface area contributed by atoms with Gasteiger partial charge in [0.05, 0.1) is 0 Å². The topological polar surface area (TPSA) is 87.3 Å². The molecular formula is C38H31Cl2N3O3S. The zero-order chi connectivity index (χ0) is 33.3. The molecule has 0 aliphatic rings. The Labute approximate surface area is 288 Å². The van der Waals surface area contributed by atoms with Gasteiger partial charge in [-0.05, 0) is 91.2 Å². The maximum absolute atomic E-state index is 13.6. The molecule has 47 heavy (non-hydrogen) atoms. The first-order valence-corrected chi connectivity index (χ1v) is 16.4. The third-order valence-electron chi connectivity index (χ3n) is 7.39. The van der Waals surface area contributed by atoms with E-state index >= 15 is 0 Å². The second-order valence-corrected chi connectivity index (χ2v) is 12.6. The standard InChI is InChI=1S/C38H31Cl2N3O3S/c1-24-11-9-18-33(25(24)2)42-38(46)35(26-12-5-3-6-13-26)47-29-21-19-28(20-22-29)41-37(45)34(23-30-31(39)16-10-17-32(30)40)43-36(44)27-14-7-4-8-15-27/h3-23,35H,1-2H3,(H,41,45)(H,42,46)(H,43,44)/b34-23-. The van der Waals surface area contributed by atoms with Crippen molar-refractivity contribution in [1.82, 2.24) is 5.32 Å². The highest BCUT2D eigenvalue weighted by atomic mass is 35.5. The molecule has 0 heterocycles. The fourth-order valence-electron chi connectivity index (χ4n) is 4.67. The van der Waals surface area contributed by atoms with Crippen molar-refractivity contribution in [3.8, 4) is 0 Å². The minimum Gasteiger partial charge on any atom is -0.325 e. The van der Waals surface area contributed by atoms with Gasteiger partial charge in [-0.2, -0.15) is 0 Å². The third kappa shape index (κ3) is 8.71. The highest BCUT2D eigenvalue weighted by Gasteiger charge is 2.23. The molecule has 0 fully saturated rings. The predicted molar refractivity (Wildman–Crippen MR) is 193 cm³/mol. The summed E-state index contributed by atoms with van der Waals surface area (Å²) in [5.41, 5.74) is 4.97. The Bertz CT molecular complexity index is 1910. The van der Waals surface area contributed by atoms with Gasteiger partial charge in [-0.25, -0.2) is 0 Å². The minimum atomic E-state index is -0.569. The number of anilines is 2. The number of carbonyl (C=O) groups is 3. The lowest BCUT2D eigenvalue weighted by Crippen LogP contribution is -2.30. The summed E-state index contributed by atoms with van der Waals surface area (Å²) in [6.07, 6.45) is 1.45. The highest BCUT2D eigenvalue weighted by molar-refractivity contribution is 8.00. The molecule has 0 spiro atoms. The van der Waals surface area contributed by atoms with Crippen LogP contribution in [0.15, 0.2) is 132 Å². The first kappa shape index (κ1) is 33.5. The van der Waals surface area contributed by atoms with Gasteiger partial charge in [0.1, 0.15) is 10.9 Å². The summed E-state index contributed by atoms with van der Waals surface area (Å²) in [5.74, 6) is -1.18. The van der Waals surface area contributed by atoms with Gasteiger partial charge < -0.3 is 16.0 Å². The second kappa shape index (κ2) is 15.6. The molecule has 0 aliphatic carbocycles. The number of rotatable bonds is 10. The Balaban J connectivity index is 1.35. The summed E-state index contributed by atoms with van der Waals surface area (Å²) in [7, 11) is 0. The fourth-order valence-corrected chi connectivity index (χ4v) is 6.20. The monoisotopic (exact) mass is 679 g/mol. The van der Waals surface area contributed by atoms with Crippen molar-refractivity contribution in [1.29, 1.82) is 0 Å². The SMILES string of the molecule is Cc1cccc(NC(=O)C(Sc2ccc(NC(=O)/C(=C/c3c(Cl)cccc3Cl)NC(=O)c3ccccc3)cc2)c2ccccc2)c1C. The van der Waals surface area contributed by atoms with Crippen LogP contribution >= 0.6 is 35.0 Å². The van der Waals surface area contributed by atoms with Crippen molar-refractivity contribution in [3.05, 3.63) is 165 Å². The van der Waals surface area contributed by atoms with E-state index in [2.05, 4.69) is 16.0 Å². The molecule has 0 radical (unpaired) electrons. The first-order valence-electron chi connectivity index (χ1n) is 14.7. The molecule has 3 amide bonds. The van der Waals surface area contributed by atoms with Gasteiger partial charge >= 0.3 is 0 Å². The number of hydrogen-bond donors (Lipinski definition) is 3. The molecule has 0 saturated heterocycles. The number of aryl methyl sites for hydroxylation is 1. The molecule has 0 bridgehead atoms. The van der Waals surface area contributed by atoms with Crippen molar-refractivity contribution in [2.45, 2.75) is 24.0 Å². The lowest BCUT2D eigenvalue weighted by Gasteiger charge is -2.19. The number of halogens is 2. The third-order valence-corrected chi connectivity index (χ3v) is 9.31. The van der Waals surface area contributed by atoms with Gasteiger partial charge in [0.15, 0.2) is 0 Å². The average Bonchev–Trinajstić information content (AvgIpc) is 3.08. The van der Waals surface area contributed by atoms with Crippen LogP contribution in [-0.4, -0.2) is 17.7 Å². The molecular weight excluding hydrogens is 649 g/mol. The first-order chi connectivity index (χ1) is 22.7. The van der Waals surface area contributed by atoms with Crippen molar-refractivity contribution in [3.63, 3.8) is 0 Å². The van der Waals surface area contributed by atoms with Crippen molar-refractivity contribution < 1.29 is 14.4 Å². The Morgan fingerprint density at radius 2 is 1.32 bits per heavy atom. The molecule has 0 aromatic heterocycles. The Morgan fingerprint density at radius 1 is 0.702 bits per heavy atom. The zero-order valence-electron chi connectivity index (χ0n) is 25.6. The lowest BCUT2D eigenvalue weighted by atomic mass is 10.1. The lowest BCUT2D eigenvalue weighted by molar-refractivity contribution is -0.116. The van der Waals surface area contributed by atoms with Crippen LogP contribution in [0, 0.1) is 13.8 Å². The molecule has 3 N–H and O–H groups in total. The quantitative estimate of drug-likeness (QED) is 0.101. The fraction of sp³-hybridized carbons (Fsp3) is 0.0789. The number of carbonyl (C=O) groups excluding carboxylic acids is 3. The van der Waals surface area contributed by atoms with Crippen LogP contribution in [0.4, 0.5) is 11.4 Å². The van der Waals surface area contributed by atoms with Gasteiger partial charge in [-0.1, -0.05) is 89.9 Å². The van der Waals surface area contributed by atoms with Crippen LogP contribution in [0.2, 0.25) is 10.0 Å². The Hall–Kier alpha value is -4.82. The maximum atomic E-state index is 13.6. The summed E-state index contributed by atoms with van der Waals surface area (Å²) in [4.78, 5) is 41.0. The molecule has 0 aliphatic heterocycles. The molecule has 5 rings (SSSR count). The molecule has 5 aromatic carbocycles. The van der Waals surface area contributed by atoms with Gasteiger partial charge in [-0.3, -0.25) is 14.4 Å². The smallest absolute Gasteiger partial charge is 0.272 e. The molecule has 0 saturated carbocycles. The zero-order valence-corrected chi connectivity index (χ0v) is 27.9.